The molecular weight excluding hydrogens is 238 g/mol. The first kappa shape index (κ1) is 12.2. The van der Waals surface area contributed by atoms with Crippen LogP contribution in [0, 0.1) is 0 Å². The maximum atomic E-state index is 11.5. The topological polar surface area (TPSA) is 87.7 Å². The lowest BCUT2D eigenvalue weighted by Crippen LogP contribution is -2.22. The van der Waals surface area contributed by atoms with Crippen molar-refractivity contribution < 1.29 is 24.2 Å². The molecule has 0 unspecified atom stereocenters. The van der Waals surface area contributed by atoms with Crippen LogP contribution in [0.5, 0.6) is 11.5 Å². The first-order chi connectivity index (χ1) is 8.65. The number of carbonyl (C=O) groups is 2. The Bertz CT molecular complexity index is 472. The van der Waals surface area contributed by atoms with Gasteiger partial charge in [-0.15, -0.1) is 0 Å². The van der Waals surface area contributed by atoms with E-state index in [1.54, 1.807) is 18.2 Å². The molecule has 1 aromatic rings. The average Bonchev–Trinajstić information content (AvgIpc) is 2.75. The normalized spacial score (nSPS) is 12.2. The standard InChI is InChI=1S/C12H13NO5/c14-11(2-1-3-12(15)16)13-8-4-5-9-10(6-8)18-7-17-9/h4-6H,1-3,7H2,(H,13,14)(H,15,16)/p-1. The molecule has 1 aliphatic rings. The van der Waals surface area contributed by atoms with Crippen LogP contribution >= 0.6 is 0 Å². The fraction of sp³-hybridized carbons (Fsp3) is 0.333. The Hall–Kier alpha value is -2.24. The van der Waals surface area contributed by atoms with Crippen molar-refractivity contribution in [3.8, 4) is 11.5 Å². The highest BCUT2D eigenvalue weighted by molar-refractivity contribution is 5.91. The molecule has 0 saturated heterocycles. The van der Waals surface area contributed by atoms with Crippen LogP contribution in [0.25, 0.3) is 0 Å². The zero-order valence-corrected chi connectivity index (χ0v) is 9.60. The number of amides is 1. The summed E-state index contributed by atoms with van der Waals surface area (Å²) in [6.07, 6.45) is 0.287. The molecule has 1 amide bonds. The van der Waals surface area contributed by atoms with E-state index in [2.05, 4.69) is 5.32 Å². The van der Waals surface area contributed by atoms with Crippen molar-refractivity contribution >= 4 is 17.6 Å². The molecule has 1 N–H and O–H groups in total. The Morgan fingerprint density at radius 2 is 2.00 bits per heavy atom. The number of benzene rings is 1. The van der Waals surface area contributed by atoms with Crippen molar-refractivity contribution in [1.82, 2.24) is 0 Å². The number of anilines is 1. The van der Waals surface area contributed by atoms with Crippen LogP contribution < -0.4 is 19.9 Å². The molecule has 1 aliphatic heterocycles. The minimum absolute atomic E-state index is 0.117. The number of carboxylic acid groups (broad SMARTS) is 1. The summed E-state index contributed by atoms with van der Waals surface area (Å²) in [7, 11) is 0. The van der Waals surface area contributed by atoms with Gasteiger partial charge in [-0.1, -0.05) is 0 Å². The fourth-order valence-corrected chi connectivity index (χ4v) is 1.59. The third-order valence-electron chi connectivity index (χ3n) is 2.44. The first-order valence-corrected chi connectivity index (χ1v) is 5.54. The van der Waals surface area contributed by atoms with Crippen molar-refractivity contribution in [1.29, 1.82) is 0 Å². The highest BCUT2D eigenvalue weighted by Crippen LogP contribution is 2.34. The molecule has 6 heteroatoms. The minimum atomic E-state index is -1.15. The van der Waals surface area contributed by atoms with Crippen LogP contribution in [0.4, 0.5) is 5.69 Å². The Kier molecular flexibility index (Phi) is 3.66. The smallest absolute Gasteiger partial charge is 0.231 e. The molecule has 1 heterocycles. The van der Waals surface area contributed by atoms with Gasteiger partial charge in [0.15, 0.2) is 11.5 Å². The van der Waals surface area contributed by atoms with E-state index in [9.17, 15) is 14.7 Å². The number of ether oxygens (including phenoxy) is 2. The summed E-state index contributed by atoms with van der Waals surface area (Å²) in [6, 6.07) is 5.07. The molecule has 0 fully saturated rings. The molecule has 96 valence electrons. The molecule has 0 aliphatic carbocycles. The quantitative estimate of drug-likeness (QED) is 0.810. The SMILES string of the molecule is O=C([O-])CCCC(=O)Nc1ccc2c(c1)OCO2. The maximum Gasteiger partial charge on any atom is 0.231 e. The average molecular weight is 250 g/mol. The van der Waals surface area contributed by atoms with Crippen LogP contribution in [-0.2, 0) is 9.59 Å². The van der Waals surface area contributed by atoms with E-state index in [0.717, 1.165) is 0 Å². The van der Waals surface area contributed by atoms with E-state index in [-0.39, 0.29) is 32.0 Å². The zero-order valence-electron chi connectivity index (χ0n) is 9.60. The van der Waals surface area contributed by atoms with Gasteiger partial charge in [0, 0.05) is 24.1 Å². The van der Waals surface area contributed by atoms with Crippen molar-refractivity contribution in [2.24, 2.45) is 0 Å². The van der Waals surface area contributed by atoms with E-state index >= 15 is 0 Å². The van der Waals surface area contributed by atoms with Gasteiger partial charge in [0.1, 0.15) is 0 Å². The lowest BCUT2D eigenvalue weighted by molar-refractivity contribution is -0.305. The summed E-state index contributed by atoms with van der Waals surface area (Å²) in [4.78, 5) is 21.7. The monoisotopic (exact) mass is 250 g/mol. The molecule has 18 heavy (non-hydrogen) atoms. The largest absolute Gasteiger partial charge is 0.550 e. The van der Waals surface area contributed by atoms with Gasteiger partial charge in [0.05, 0.1) is 0 Å². The molecule has 6 nitrogen and oxygen atoms in total. The summed E-state index contributed by atoms with van der Waals surface area (Å²) in [5, 5.41) is 12.9. The summed E-state index contributed by atoms with van der Waals surface area (Å²) < 4.78 is 10.3. The van der Waals surface area contributed by atoms with Gasteiger partial charge in [0.25, 0.3) is 0 Å². The van der Waals surface area contributed by atoms with Gasteiger partial charge in [-0.2, -0.15) is 0 Å². The Labute approximate surface area is 104 Å². The number of fused-ring (bicyclic) bond motifs is 1. The van der Waals surface area contributed by atoms with Crippen LogP contribution in [0.1, 0.15) is 19.3 Å². The van der Waals surface area contributed by atoms with Crippen molar-refractivity contribution in [2.75, 3.05) is 12.1 Å². The lowest BCUT2D eigenvalue weighted by Gasteiger charge is -2.06. The van der Waals surface area contributed by atoms with E-state index in [4.69, 9.17) is 9.47 Å². The van der Waals surface area contributed by atoms with Crippen molar-refractivity contribution in [3.63, 3.8) is 0 Å². The van der Waals surface area contributed by atoms with E-state index in [1.165, 1.54) is 0 Å². The predicted octanol–water partition coefficient (Wildman–Crippen LogP) is 0.274. The van der Waals surface area contributed by atoms with Gasteiger partial charge in [-0.3, -0.25) is 4.79 Å². The molecule has 0 atom stereocenters. The number of carboxylic acids is 1. The van der Waals surface area contributed by atoms with E-state index in [0.29, 0.717) is 17.2 Å². The van der Waals surface area contributed by atoms with Gasteiger partial charge in [-0.05, 0) is 25.0 Å². The number of nitrogens with one attached hydrogen (secondary N) is 1. The Balaban J connectivity index is 1.85. The fourth-order valence-electron chi connectivity index (χ4n) is 1.59. The molecule has 0 radical (unpaired) electrons. The van der Waals surface area contributed by atoms with E-state index < -0.39 is 5.97 Å². The first-order valence-electron chi connectivity index (χ1n) is 5.54. The summed E-state index contributed by atoms with van der Waals surface area (Å²) in [5.74, 6) is -0.159. The second-order valence-corrected chi connectivity index (χ2v) is 3.84. The van der Waals surface area contributed by atoms with Gasteiger partial charge in [-0.25, -0.2) is 0 Å². The van der Waals surface area contributed by atoms with E-state index in [1.807, 2.05) is 0 Å². The van der Waals surface area contributed by atoms with Crippen LogP contribution in [-0.4, -0.2) is 18.7 Å². The van der Waals surface area contributed by atoms with Gasteiger partial charge < -0.3 is 24.7 Å². The second kappa shape index (κ2) is 5.39. The highest BCUT2D eigenvalue weighted by Gasteiger charge is 2.13. The molecular formula is C12H12NO5-. The third kappa shape index (κ3) is 3.13. The lowest BCUT2D eigenvalue weighted by atomic mass is 10.2. The molecule has 0 bridgehead atoms. The number of carbonyl (C=O) groups excluding carboxylic acids is 2. The molecule has 1 aromatic carbocycles. The molecule has 0 aromatic heterocycles. The zero-order chi connectivity index (χ0) is 13.0. The third-order valence-corrected chi connectivity index (χ3v) is 2.44. The predicted molar refractivity (Wildman–Crippen MR) is 60.1 cm³/mol. The molecule has 0 saturated carbocycles. The van der Waals surface area contributed by atoms with Crippen LogP contribution in [0.15, 0.2) is 18.2 Å². The maximum absolute atomic E-state index is 11.5. The Morgan fingerprint density at radius 3 is 2.78 bits per heavy atom. The second-order valence-electron chi connectivity index (χ2n) is 3.84. The summed E-state index contributed by atoms with van der Waals surface area (Å²) in [5.41, 5.74) is 0.595. The van der Waals surface area contributed by atoms with Crippen molar-refractivity contribution in [3.05, 3.63) is 18.2 Å². The molecule has 2 rings (SSSR count). The molecule has 0 spiro atoms. The van der Waals surface area contributed by atoms with Gasteiger partial charge >= 0.3 is 0 Å². The summed E-state index contributed by atoms with van der Waals surface area (Å²) in [6.45, 7) is 0.179. The minimum Gasteiger partial charge on any atom is -0.550 e. The summed E-state index contributed by atoms with van der Waals surface area (Å²) >= 11 is 0. The number of rotatable bonds is 5. The van der Waals surface area contributed by atoms with Gasteiger partial charge in [0.2, 0.25) is 12.7 Å². The Morgan fingerprint density at radius 1 is 1.22 bits per heavy atom. The van der Waals surface area contributed by atoms with Crippen LogP contribution in [0.2, 0.25) is 0 Å². The van der Waals surface area contributed by atoms with Crippen molar-refractivity contribution in [2.45, 2.75) is 19.3 Å². The highest BCUT2D eigenvalue weighted by atomic mass is 16.7. The van der Waals surface area contributed by atoms with Crippen LogP contribution in [0.3, 0.4) is 0 Å². The number of hydrogen-bond acceptors (Lipinski definition) is 5. The number of hydrogen-bond donors (Lipinski definition) is 1. The number of aliphatic carboxylic acids is 1.